The van der Waals surface area contributed by atoms with Crippen molar-refractivity contribution < 1.29 is 15.0 Å². The summed E-state index contributed by atoms with van der Waals surface area (Å²) in [6.07, 6.45) is 0. The normalized spacial score (nSPS) is 16.4. The average molecular weight is 146 g/mol. The maximum atomic E-state index is 11.0. The van der Waals surface area contributed by atoms with Crippen molar-refractivity contribution in [3.63, 3.8) is 0 Å². The molecule has 0 bridgehead atoms. The summed E-state index contributed by atoms with van der Waals surface area (Å²) >= 11 is 0. The third-order valence-electron chi connectivity index (χ3n) is 1.52. The molecular formula is C7H14O3. The lowest BCUT2D eigenvalue weighted by Crippen LogP contribution is -2.24. The molecule has 0 aliphatic heterocycles. The molecule has 0 amide bonds. The molecule has 60 valence electrons. The van der Waals surface area contributed by atoms with Gasteiger partial charge < -0.3 is 10.2 Å². The van der Waals surface area contributed by atoms with Crippen LogP contribution in [0.15, 0.2) is 0 Å². The van der Waals surface area contributed by atoms with Gasteiger partial charge in [-0.25, -0.2) is 0 Å². The smallest absolute Gasteiger partial charge is 0.143 e. The fraction of sp³-hybridized carbons (Fsp3) is 0.857. The van der Waals surface area contributed by atoms with E-state index in [9.17, 15) is 4.79 Å². The summed E-state index contributed by atoms with van der Waals surface area (Å²) in [4.78, 5) is 11.0. The Labute approximate surface area is 60.7 Å². The predicted molar refractivity (Wildman–Crippen MR) is 37.5 cm³/mol. The number of hydrogen-bond donors (Lipinski definition) is 2. The lowest BCUT2D eigenvalue weighted by molar-refractivity contribution is -0.128. The maximum Gasteiger partial charge on any atom is 0.143 e. The highest BCUT2D eigenvalue weighted by Gasteiger charge is 2.17. The molecule has 3 nitrogen and oxygen atoms in total. The van der Waals surface area contributed by atoms with E-state index >= 15 is 0 Å². The Morgan fingerprint density at radius 2 is 1.50 bits per heavy atom. The predicted octanol–water partition coefficient (Wildman–Crippen LogP) is -0.188. The highest BCUT2D eigenvalue weighted by molar-refractivity contribution is 5.82. The monoisotopic (exact) mass is 146 g/mol. The molecule has 0 aliphatic carbocycles. The van der Waals surface area contributed by atoms with Crippen molar-refractivity contribution in [3.05, 3.63) is 0 Å². The van der Waals surface area contributed by atoms with E-state index in [0.29, 0.717) is 0 Å². The molecule has 2 N–H and O–H groups in total. The first-order valence-electron chi connectivity index (χ1n) is 3.39. The second kappa shape index (κ2) is 4.41. The summed E-state index contributed by atoms with van der Waals surface area (Å²) in [6, 6.07) is 0. The second-order valence-electron chi connectivity index (χ2n) is 2.57. The van der Waals surface area contributed by atoms with Crippen molar-refractivity contribution in [1.29, 1.82) is 0 Å². The van der Waals surface area contributed by atoms with Crippen LogP contribution in [-0.2, 0) is 4.79 Å². The molecule has 3 heteroatoms. The highest BCUT2D eigenvalue weighted by atomic mass is 16.3. The van der Waals surface area contributed by atoms with Crippen molar-refractivity contribution in [2.45, 2.75) is 13.8 Å². The lowest BCUT2D eigenvalue weighted by atomic mass is 9.97. The molecule has 0 fully saturated rings. The molecule has 0 aromatic rings. The van der Waals surface area contributed by atoms with Gasteiger partial charge in [0.2, 0.25) is 0 Å². The van der Waals surface area contributed by atoms with Gasteiger partial charge in [-0.1, -0.05) is 13.8 Å². The molecule has 0 aliphatic rings. The first kappa shape index (κ1) is 9.59. The van der Waals surface area contributed by atoms with Crippen LogP contribution >= 0.6 is 0 Å². The third kappa shape index (κ3) is 2.45. The molecular weight excluding hydrogens is 132 g/mol. The molecule has 0 heterocycles. The van der Waals surface area contributed by atoms with Gasteiger partial charge in [0.25, 0.3) is 0 Å². The van der Waals surface area contributed by atoms with E-state index in [2.05, 4.69) is 0 Å². The van der Waals surface area contributed by atoms with Crippen LogP contribution in [0, 0.1) is 11.8 Å². The number of ketones is 1. The minimum absolute atomic E-state index is 0.0787. The second-order valence-corrected chi connectivity index (χ2v) is 2.57. The van der Waals surface area contributed by atoms with E-state index in [1.54, 1.807) is 13.8 Å². The van der Waals surface area contributed by atoms with E-state index < -0.39 is 0 Å². The van der Waals surface area contributed by atoms with Crippen LogP contribution in [-0.4, -0.2) is 29.2 Å². The van der Waals surface area contributed by atoms with E-state index in [1.807, 2.05) is 0 Å². The molecule has 0 aromatic carbocycles. The molecule has 0 saturated carbocycles. The Morgan fingerprint density at radius 3 is 1.70 bits per heavy atom. The topological polar surface area (TPSA) is 57.5 Å². The summed E-state index contributed by atoms with van der Waals surface area (Å²) in [5.74, 6) is -0.769. The Kier molecular flexibility index (Phi) is 4.23. The Morgan fingerprint density at radius 1 is 1.20 bits per heavy atom. The average Bonchev–Trinajstić information content (AvgIpc) is 2.00. The Balaban J connectivity index is 3.82. The molecule has 10 heavy (non-hydrogen) atoms. The lowest BCUT2D eigenvalue weighted by Gasteiger charge is -2.10. The van der Waals surface area contributed by atoms with Gasteiger partial charge in [0, 0.05) is 11.8 Å². The maximum absolute atomic E-state index is 11.0. The van der Waals surface area contributed by atoms with Gasteiger partial charge in [-0.05, 0) is 0 Å². The molecule has 0 radical (unpaired) electrons. The van der Waals surface area contributed by atoms with Gasteiger partial charge in [-0.2, -0.15) is 0 Å². The van der Waals surface area contributed by atoms with Crippen molar-refractivity contribution in [2.75, 3.05) is 13.2 Å². The third-order valence-corrected chi connectivity index (χ3v) is 1.52. The largest absolute Gasteiger partial charge is 0.396 e. The Hall–Kier alpha value is -0.410. The first-order chi connectivity index (χ1) is 4.63. The molecule has 0 aromatic heterocycles. The number of rotatable bonds is 4. The zero-order valence-electron chi connectivity index (χ0n) is 6.37. The minimum Gasteiger partial charge on any atom is -0.396 e. The number of aliphatic hydroxyl groups excluding tert-OH is 2. The van der Waals surface area contributed by atoms with Crippen LogP contribution in [0.3, 0.4) is 0 Å². The number of Topliss-reactive ketones (excluding diaryl/α,β-unsaturated/α-hetero) is 1. The van der Waals surface area contributed by atoms with Gasteiger partial charge in [-0.15, -0.1) is 0 Å². The van der Waals surface area contributed by atoms with Gasteiger partial charge in [0.1, 0.15) is 5.78 Å². The summed E-state index contributed by atoms with van der Waals surface area (Å²) < 4.78 is 0. The fourth-order valence-electron chi connectivity index (χ4n) is 0.666. The van der Waals surface area contributed by atoms with Crippen LogP contribution in [0.4, 0.5) is 0 Å². The van der Waals surface area contributed by atoms with E-state index in [0.717, 1.165) is 0 Å². The molecule has 2 atom stereocenters. The van der Waals surface area contributed by atoms with Gasteiger partial charge in [-0.3, -0.25) is 4.79 Å². The van der Waals surface area contributed by atoms with Crippen molar-refractivity contribution >= 4 is 5.78 Å². The highest BCUT2D eigenvalue weighted by Crippen LogP contribution is 2.04. The molecule has 0 rings (SSSR count). The summed E-state index contributed by atoms with van der Waals surface area (Å²) in [5.41, 5.74) is 0. The standard InChI is InChI=1S/C7H14O3/c1-5(3-8)7(10)6(2)4-9/h5-6,8-9H,3-4H2,1-2H3. The van der Waals surface area contributed by atoms with Crippen LogP contribution in [0.25, 0.3) is 0 Å². The number of aliphatic hydroxyl groups is 2. The van der Waals surface area contributed by atoms with Crippen LogP contribution in [0.1, 0.15) is 13.8 Å². The van der Waals surface area contributed by atoms with Crippen molar-refractivity contribution in [1.82, 2.24) is 0 Å². The van der Waals surface area contributed by atoms with Crippen LogP contribution in [0.2, 0.25) is 0 Å². The van der Waals surface area contributed by atoms with Crippen LogP contribution in [0.5, 0.6) is 0 Å². The quantitative estimate of drug-likeness (QED) is 0.578. The molecule has 2 unspecified atom stereocenters. The van der Waals surface area contributed by atoms with E-state index in [-0.39, 0.29) is 30.8 Å². The van der Waals surface area contributed by atoms with Crippen molar-refractivity contribution in [2.24, 2.45) is 11.8 Å². The van der Waals surface area contributed by atoms with Gasteiger partial charge >= 0.3 is 0 Å². The summed E-state index contributed by atoms with van der Waals surface area (Å²) in [5, 5.41) is 17.1. The zero-order valence-corrected chi connectivity index (χ0v) is 6.37. The number of hydrogen-bond acceptors (Lipinski definition) is 3. The van der Waals surface area contributed by atoms with Gasteiger partial charge in [0.15, 0.2) is 0 Å². The summed E-state index contributed by atoms with van der Waals surface area (Å²) in [7, 11) is 0. The Bertz CT molecular complexity index is 99.4. The number of carbonyl (C=O) groups excluding carboxylic acids is 1. The van der Waals surface area contributed by atoms with E-state index in [1.165, 1.54) is 0 Å². The zero-order chi connectivity index (χ0) is 8.15. The van der Waals surface area contributed by atoms with Gasteiger partial charge in [0.05, 0.1) is 13.2 Å². The fourth-order valence-corrected chi connectivity index (χ4v) is 0.666. The summed E-state index contributed by atoms with van der Waals surface area (Å²) in [6.45, 7) is 3.02. The minimum atomic E-state index is -0.345. The SMILES string of the molecule is CC(CO)C(=O)C(C)CO. The number of carbonyl (C=O) groups is 1. The first-order valence-corrected chi connectivity index (χ1v) is 3.39. The molecule has 0 spiro atoms. The van der Waals surface area contributed by atoms with Crippen LogP contribution < -0.4 is 0 Å². The molecule has 0 saturated heterocycles. The van der Waals surface area contributed by atoms with E-state index in [4.69, 9.17) is 10.2 Å². The van der Waals surface area contributed by atoms with Crippen molar-refractivity contribution in [3.8, 4) is 0 Å².